The molecule has 0 aliphatic carbocycles. The van der Waals surface area contributed by atoms with Crippen LogP contribution in [-0.2, 0) is 0 Å². The third-order valence-corrected chi connectivity index (χ3v) is 5.41. The van der Waals surface area contributed by atoms with Gasteiger partial charge in [-0.25, -0.2) is 9.97 Å². The highest BCUT2D eigenvalue weighted by atomic mass is 16.5. The number of aromatic nitrogens is 2. The first-order chi connectivity index (χ1) is 15.7. The van der Waals surface area contributed by atoms with Crippen LogP contribution in [0.1, 0.15) is 30.1 Å². The lowest BCUT2D eigenvalue weighted by molar-refractivity contribution is -0.375. The summed E-state index contributed by atoms with van der Waals surface area (Å²) in [6.07, 6.45) is 6.80. The molecule has 0 saturated heterocycles. The van der Waals surface area contributed by atoms with Crippen molar-refractivity contribution in [3.63, 3.8) is 0 Å². The van der Waals surface area contributed by atoms with Gasteiger partial charge in [-0.15, -0.1) is 0 Å². The number of hydrogen-bond donors (Lipinski definition) is 1. The molecule has 32 heavy (non-hydrogen) atoms. The second kappa shape index (κ2) is 9.43. The van der Waals surface area contributed by atoms with Gasteiger partial charge in [0.1, 0.15) is 5.69 Å². The highest BCUT2D eigenvalue weighted by molar-refractivity contribution is 5.98. The first-order valence-electron chi connectivity index (χ1n) is 10.7. The highest BCUT2D eigenvalue weighted by Crippen LogP contribution is 2.40. The number of pyridine rings is 2. The largest absolute Gasteiger partial charge is 0.492 e. The van der Waals surface area contributed by atoms with Gasteiger partial charge in [-0.1, -0.05) is 62.0 Å². The molecule has 0 atom stereocenters. The number of carbonyl (C=O) groups excluding carboxylic acids is 1. The third-order valence-electron chi connectivity index (χ3n) is 5.41. The maximum atomic E-state index is 12.1. The monoisotopic (exact) mass is 424 g/mol. The Labute approximate surface area is 187 Å². The van der Waals surface area contributed by atoms with Crippen molar-refractivity contribution < 1.29 is 14.5 Å². The summed E-state index contributed by atoms with van der Waals surface area (Å²) in [7, 11) is 1.64. The zero-order valence-corrected chi connectivity index (χ0v) is 18.3. The van der Waals surface area contributed by atoms with Crippen LogP contribution in [0.3, 0.4) is 0 Å². The number of Topliss-reactive ketones (excluding diaryl/α,β-unsaturated/α-hetero) is 1. The number of nitrogens with one attached hydrogen (secondary N) is 2. The fourth-order valence-corrected chi connectivity index (χ4v) is 3.81. The number of hydrogen-bond acceptors (Lipinski definition) is 4. The van der Waals surface area contributed by atoms with Gasteiger partial charge < -0.3 is 10.1 Å². The lowest BCUT2D eigenvalue weighted by Gasteiger charge is -2.15. The third kappa shape index (κ3) is 4.10. The van der Waals surface area contributed by atoms with Crippen molar-refractivity contribution >= 4 is 22.4 Å². The van der Waals surface area contributed by atoms with Crippen LogP contribution in [0.5, 0.6) is 5.75 Å². The van der Waals surface area contributed by atoms with E-state index in [1.54, 1.807) is 13.3 Å². The minimum absolute atomic E-state index is 0.186. The number of ether oxygens (including phenoxy) is 1. The molecule has 0 aliphatic heterocycles. The molecular formula is C27H26N3O2+. The maximum Gasteiger partial charge on any atom is 0.178 e. The van der Waals surface area contributed by atoms with Gasteiger partial charge in [0.05, 0.1) is 23.7 Å². The SMILES string of the molecule is C=CNc1c(OC)c(-c2ccc(-c3ccc(C(=O)CCC)cc3)cc2)nc2cc[nH+]cc12. The van der Waals surface area contributed by atoms with Gasteiger partial charge in [0.15, 0.2) is 23.9 Å². The molecular weight excluding hydrogens is 398 g/mol. The van der Waals surface area contributed by atoms with Gasteiger partial charge in [0, 0.05) is 23.6 Å². The van der Waals surface area contributed by atoms with Crippen LogP contribution in [0.4, 0.5) is 5.69 Å². The molecule has 5 nitrogen and oxygen atoms in total. The minimum atomic E-state index is 0.186. The predicted octanol–water partition coefficient (Wildman–Crippen LogP) is 5.93. The predicted molar refractivity (Wildman–Crippen MR) is 129 cm³/mol. The number of carbonyl (C=O) groups is 1. The molecule has 2 aromatic heterocycles. The van der Waals surface area contributed by atoms with E-state index >= 15 is 0 Å². The Bertz CT molecular complexity index is 1260. The van der Waals surface area contributed by atoms with Gasteiger partial charge in [0.2, 0.25) is 0 Å². The molecule has 0 aliphatic rings. The number of aromatic amines is 1. The molecule has 0 fully saturated rings. The Morgan fingerprint density at radius 1 is 1.06 bits per heavy atom. The molecule has 0 spiro atoms. The molecule has 0 amide bonds. The number of rotatable bonds is 8. The number of fused-ring (bicyclic) bond motifs is 1. The average molecular weight is 425 g/mol. The van der Waals surface area contributed by atoms with E-state index in [0.717, 1.165) is 51.0 Å². The molecule has 2 N–H and O–H groups in total. The summed E-state index contributed by atoms with van der Waals surface area (Å²) >= 11 is 0. The molecule has 0 radical (unpaired) electrons. The molecule has 0 bridgehead atoms. The van der Waals surface area contributed by atoms with Gasteiger partial charge in [-0.2, -0.15) is 0 Å². The lowest BCUT2D eigenvalue weighted by Crippen LogP contribution is -2.04. The van der Waals surface area contributed by atoms with Crippen molar-refractivity contribution in [1.82, 2.24) is 4.98 Å². The second-order valence-electron chi connectivity index (χ2n) is 7.49. The van der Waals surface area contributed by atoms with E-state index in [2.05, 4.69) is 29.0 Å². The van der Waals surface area contributed by atoms with Crippen LogP contribution in [0.15, 0.2) is 79.8 Å². The van der Waals surface area contributed by atoms with Crippen molar-refractivity contribution in [1.29, 1.82) is 0 Å². The average Bonchev–Trinajstić information content (AvgIpc) is 2.84. The second-order valence-corrected chi connectivity index (χ2v) is 7.49. The van der Waals surface area contributed by atoms with Gasteiger partial charge in [0.25, 0.3) is 0 Å². The number of benzene rings is 2. The van der Waals surface area contributed by atoms with Crippen molar-refractivity contribution in [2.75, 3.05) is 12.4 Å². The summed E-state index contributed by atoms with van der Waals surface area (Å²) in [5.41, 5.74) is 6.26. The minimum Gasteiger partial charge on any atom is -0.492 e. The van der Waals surface area contributed by atoms with E-state index < -0.39 is 0 Å². The first kappa shape index (κ1) is 21.2. The number of ketones is 1. The number of methoxy groups -OCH3 is 1. The first-order valence-corrected chi connectivity index (χ1v) is 10.7. The van der Waals surface area contributed by atoms with E-state index in [-0.39, 0.29) is 5.78 Å². The topological polar surface area (TPSA) is 65.4 Å². The van der Waals surface area contributed by atoms with Gasteiger partial charge in [-0.3, -0.25) is 4.79 Å². The lowest BCUT2D eigenvalue weighted by atomic mass is 9.99. The quantitative estimate of drug-likeness (QED) is 0.356. The standard InChI is InChI=1S/C27H25N3O2/c1-4-6-24(31)20-11-7-18(8-12-20)19-9-13-21(14-10-19)25-27(32-3)26(29-5-2)22-17-28-16-15-23(22)30-25/h5,7-17H,2,4,6H2,1,3H3,(H,29,30)/p+1. The number of H-pyrrole nitrogens is 1. The molecule has 5 heteroatoms. The van der Waals surface area contributed by atoms with E-state index in [4.69, 9.17) is 9.72 Å². The number of anilines is 1. The number of nitrogens with zero attached hydrogens (tertiary/aromatic N) is 1. The van der Waals surface area contributed by atoms with Crippen LogP contribution in [0.2, 0.25) is 0 Å². The molecule has 2 heterocycles. The summed E-state index contributed by atoms with van der Waals surface area (Å²) in [4.78, 5) is 20.0. The highest BCUT2D eigenvalue weighted by Gasteiger charge is 2.18. The van der Waals surface area contributed by atoms with Crippen molar-refractivity contribution in [2.24, 2.45) is 0 Å². The summed E-state index contributed by atoms with van der Waals surface area (Å²) < 4.78 is 5.74. The Morgan fingerprint density at radius 3 is 2.34 bits per heavy atom. The summed E-state index contributed by atoms with van der Waals surface area (Å²) in [5, 5.41) is 4.11. The summed E-state index contributed by atoms with van der Waals surface area (Å²) in [6, 6.07) is 17.9. The molecule has 0 saturated carbocycles. The molecule has 4 aromatic rings. The van der Waals surface area contributed by atoms with E-state index in [1.807, 2.05) is 61.8 Å². The maximum absolute atomic E-state index is 12.1. The summed E-state index contributed by atoms with van der Waals surface area (Å²) in [6.45, 7) is 5.81. The van der Waals surface area contributed by atoms with Crippen LogP contribution in [0.25, 0.3) is 33.3 Å². The fourth-order valence-electron chi connectivity index (χ4n) is 3.81. The van der Waals surface area contributed by atoms with E-state index in [1.165, 1.54) is 0 Å². The Morgan fingerprint density at radius 2 is 1.72 bits per heavy atom. The van der Waals surface area contributed by atoms with E-state index in [9.17, 15) is 4.79 Å². The van der Waals surface area contributed by atoms with Gasteiger partial charge in [-0.05, 0) is 23.7 Å². The van der Waals surface area contributed by atoms with Crippen LogP contribution < -0.4 is 15.0 Å². The Balaban J connectivity index is 1.71. The normalized spacial score (nSPS) is 10.7. The van der Waals surface area contributed by atoms with Crippen LogP contribution >= 0.6 is 0 Å². The van der Waals surface area contributed by atoms with Gasteiger partial charge >= 0.3 is 0 Å². The zero-order valence-electron chi connectivity index (χ0n) is 18.3. The summed E-state index contributed by atoms with van der Waals surface area (Å²) in [5.74, 6) is 0.842. The zero-order chi connectivity index (χ0) is 22.5. The molecule has 160 valence electrons. The molecule has 2 aromatic carbocycles. The Kier molecular flexibility index (Phi) is 6.26. The van der Waals surface area contributed by atoms with E-state index in [0.29, 0.717) is 12.2 Å². The molecule has 0 unspecified atom stereocenters. The smallest absolute Gasteiger partial charge is 0.178 e. The van der Waals surface area contributed by atoms with Crippen LogP contribution in [-0.4, -0.2) is 17.9 Å². The van der Waals surface area contributed by atoms with Crippen molar-refractivity contribution in [3.8, 4) is 28.1 Å². The molecule has 4 rings (SSSR count). The Hall–Kier alpha value is -3.99. The fraction of sp³-hybridized carbons (Fsp3) is 0.148. The van der Waals surface area contributed by atoms with Crippen LogP contribution in [0, 0.1) is 0 Å². The van der Waals surface area contributed by atoms with Crippen molar-refractivity contribution in [2.45, 2.75) is 19.8 Å². The van der Waals surface area contributed by atoms with Crippen molar-refractivity contribution in [3.05, 3.63) is 85.3 Å².